The number of rotatable bonds is 1. The highest BCUT2D eigenvalue weighted by Crippen LogP contribution is 2.51. The molecule has 0 N–H and O–H groups in total. The van der Waals surface area contributed by atoms with Crippen LogP contribution in [0.15, 0.2) is 23.1 Å². The number of fused-ring (bicyclic) bond motifs is 2. The van der Waals surface area contributed by atoms with Crippen molar-refractivity contribution in [2.45, 2.75) is 49.3 Å². The van der Waals surface area contributed by atoms with Crippen LogP contribution in [0.25, 0.3) is 0 Å². The van der Waals surface area contributed by atoms with Crippen LogP contribution < -0.4 is 0 Å². The summed E-state index contributed by atoms with van der Waals surface area (Å²) in [4.78, 5) is 25.7. The van der Waals surface area contributed by atoms with Gasteiger partial charge in [0.1, 0.15) is 11.1 Å². The first-order valence-electron chi connectivity index (χ1n) is 6.62. The van der Waals surface area contributed by atoms with Crippen molar-refractivity contribution in [3.63, 3.8) is 0 Å². The number of carbonyl (C=O) groups is 1. The van der Waals surface area contributed by atoms with E-state index in [0.29, 0.717) is 5.56 Å². The second kappa shape index (κ2) is 4.20. The van der Waals surface area contributed by atoms with E-state index < -0.39 is 16.2 Å². The third-order valence-electron chi connectivity index (χ3n) is 3.78. The molecular weight excluding hydrogens is 292 g/mol. The van der Waals surface area contributed by atoms with Crippen LogP contribution in [-0.2, 0) is 4.74 Å². The lowest BCUT2D eigenvalue weighted by molar-refractivity contribution is -0.384. The van der Waals surface area contributed by atoms with Gasteiger partial charge in [-0.25, -0.2) is 0 Å². The molecule has 1 fully saturated rings. The van der Waals surface area contributed by atoms with Gasteiger partial charge in [0.2, 0.25) is 0 Å². The molecule has 0 radical (unpaired) electrons. The van der Waals surface area contributed by atoms with Gasteiger partial charge < -0.3 is 4.74 Å². The molecule has 0 unspecified atom stereocenters. The molecule has 1 aromatic rings. The highest BCUT2D eigenvalue weighted by atomic mass is 32.2. The Morgan fingerprint density at radius 1 is 1.33 bits per heavy atom. The molecule has 0 saturated carbocycles. The van der Waals surface area contributed by atoms with E-state index in [1.807, 2.05) is 27.7 Å². The number of ether oxygens (including phenoxy) is 1. The van der Waals surface area contributed by atoms with Gasteiger partial charge in [0.25, 0.3) is 11.6 Å². The molecule has 1 saturated heterocycles. The average Bonchev–Trinajstić information content (AvgIpc) is 2.54. The fraction of sp³-hybridized carbons (Fsp3) is 0.500. The molecule has 2 aliphatic heterocycles. The normalized spacial score (nSPS) is 25.4. The number of nitrogens with zero attached hydrogens (tertiary/aromatic N) is 2. The molecule has 112 valence electrons. The Hall–Kier alpha value is -1.60. The molecule has 0 aromatic heterocycles. The molecule has 1 atom stereocenters. The maximum Gasteiger partial charge on any atom is 0.270 e. The van der Waals surface area contributed by atoms with Crippen LogP contribution in [0.4, 0.5) is 5.69 Å². The van der Waals surface area contributed by atoms with Gasteiger partial charge >= 0.3 is 0 Å². The zero-order valence-electron chi connectivity index (χ0n) is 12.2. The predicted molar refractivity (Wildman–Crippen MR) is 78.2 cm³/mol. The number of non-ortho nitro benzene ring substituents is 1. The third kappa shape index (κ3) is 2.03. The van der Waals surface area contributed by atoms with Gasteiger partial charge in [-0.15, -0.1) is 0 Å². The minimum absolute atomic E-state index is 0.0710. The van der Waals surface area contributed by atoms with Gasteiger partial charge in [0.15, 0.2) is 0 Å². The SMILES string of the molecule is CC1(C)OC(C)(C)N2C(=O)c3cc([N+](=O)[O-])ccc3S[C@H]21. The van der Waals surface area contributed by atoms with Gasteiger partial charge in [-0.3, -0.25) is 19.8 Å². The Morgan fingerprint density at radius 2 is 2.00 bits per heavy atom. The smallest absolute Gasteiger partial charge is 0.270 e. The molecule has 0 bridgehead atoms. The van der Waals surface area contributed by atoms with E-state index in [1.54, 1.807) is 11.0 Å². The molecule has 7 heteroatoms. The minimum Gasteiger partial charge on any atom is -0.347 e. The molecule has 1 amide bonds. The van der Waals surface area contributed by atoms with Gasteiger partial charge in [-0.05, 0) is 33.8 Å². The van der Waals surface area contributed by atoms with E-state index in [1.165, 1.54) is 23.9 Å². The number of hydrogen-bond donors (Lipinski definition) is 0. The molecule has 2 heterocycles. The van der Waals surface area contributed by atoms with Crippen LogP contribution in [0.5, 0.6) is 0 Å². The van der Waals surface area contributed by atoms with Crippen molar-refractivity contribution in [2.24, 2.45) is 0 Å². The maximum atomic E-state index is 12.8. The van der Waals surface area contributed by atoms with Crippen LogP contribution >= 0.6 is 11.8 Å². The Morgan fingerprint density at radius 3 is 2.62 bits per heavy atom. The highest BCUT2D eigenvalue weighted by Gasteiger charge is 2.57. The van der Waals surface area contributed by atoms with Gasteiger partial charge in [-0.2, -0.15) is 0 Å². The zero-order valence-corrected chi connectivity index (χ0v) is 13.1. The molecule has 3 rings (SSSR count). The fourth-order valence-electron chi connectivity index (χ4n) is 3.03. The summed E-state index contributed by atoms with van der Waals surface area (Å²) >= 11 is 1.52. The molecule has 6 nitrogen and oxygen atoms in total. The number of nitro benzene ring substituents is 1. The fourth-order valence-corrected chi connectivity index (χ4v) is 4.48. The summed E-state index contributed by atoms with van der Waals surface area (Å²) < 4.78 is 6.01. The van der Waals surface area contributed by atoms with Crippen LogP contribution in [0.1, 0.15) is 38.1 Å². The topological polar surface area (TPSA) is 72.7 Å². The third-order valence-corrected chi connectivity index (χ3v) is 5.40. The monoisotopic (exact) mass is 308 g/mol. The first-order valence-corrected chi connectivity index (χ1v) is 7.50. The van der Waals surface area contributed by atoms with Gasteiger partial charge in [-0.1, -0.05) is 11.8 Å². The van der Waals surface area contributed by atoms with Gasteiger partial charge in [0.05, 0.1) is 16.1 Å². The number of nitro groups is 1. The summed E-state index contributed by atoms with van der Waals surface area (Å²) in [5.41, 5.74) is -0.915. The minimum atomic E-state index is -0.736. The quantitative estimate of drug-likeness (QED) is 0.589. The van der Waals surface area contributed by atoms with Crippen molar-refractivity contribution >= 4 is 23.4 Å². The number of amides is 1. The van der Waals surface area contributed by atoms with E-state index in [2.05, 4.69) is 0 Å². The summed E-state index contributed by atoms with van der Waals surface area (Å²) in [5, 5.41) is 10.8. The Kier molecular flexibility index (Phi) is 2.87. The first-order chi connectivity index (χ1) is 9.63. The Bertz CT molecular complexity index is 656. The summed E-state index contributed by atoms with van der Waals surface area (Å²) in [6, 6.07) is 4.43. The standard InChI is InChI=1S/C14H16N2O4S/c1-13(2)12-15(14(3,4)20-13)11(17)9-7-8(16(18)19)5-6-10(9)21-12/h5-7,12H,1-4H3/t12-/m0/s1. The van der Waals surface area contributed by atoms with Crippen molar-refractivity contribution in [3.05, 3.63) is 33.9 Å². The van der Waals surface area contributed by atoms with Crippen molar-refractivity contribution in [1.29, 1.82) is 0 Å². The van der Waals surface area contributed by atoms with E-state index in [9.17, 15) is 14.9 Å². The van der Waals surface area contributed by atoms with Crippen LogP contribution in [0, 0.1) is 10.1 Å². The molecule has 0 spiro atoms. The first kappa shape index (κ1) is 14.3. The molecule has 21 heavy (non-hydrogen) atoms. The number of hydrogen-bond acceptors (Lipinski definition) is 5. The largest absolute Gasteiger partial charge is 0.347 e. The summed E-state index contributed by atoms with van der Waals surface area (Å²) in [7, 11) is 0. The second-order valence-electron chi connectivity index (χ2n) is 6.24. The lowest BCUT2D eigenvalue weighted by atomic mass is 10.1. The lowest BCUT2D eigenvalue weighted by Gasteiger charge is -2.37. The molecular formula is C14H16N2O4S. The Balaban J connectivity index is 2.12. The summed E-state index contributed by atoms with van der Waals surface area (Å²) in [6.07, 6.45) is 0. The van der Waals surface area contributed by atoms with Crippen molar-refractivity contribution < 1.29 is 14.5 Å². The molecule has 0 aliphatic carbocycles. The highest BCUT2D eigenvalue weighted by molar-refractivity contribution is 8.00. The van der Waals surface area contributed by atoms with Crippen LogP contribution in [0.3, 0.4) is 0 Å². The van der Waals surface area contributed by atoms with Crippen LogP contribution in [0.2, 0.25) is 0 Å². The Labute approximate surface area is 126 Å². The summed E-state index contributed by atoms with van der Waals surface area (Å²) in [6.45, 7) is 7.59. The molecule has 1 aromatic carbocycles. The molecule has 2 aliphatic rings. The average molecular weight is 308 g/mol. The van der Waals surface area contributed by atoms with Crippen molar-refractivity contribution in [2.75, 3.05) is 0 Å². The number of thioether (sulfide) groups is 1. The van der Waals surface area contributed by atoms with E-state index in [0.717, 1.165) is 4.90 Å². The van der Waals surface area contributed by atoms with Gasteiger partial charge in [0, 0.05) is 17.0 Å². The van der Waals surface area contributed by atoms with E-state index >= 15 is 0 Å². The van der Waals surface area contributed by atoms with E-state index in [4.69, 9.17) is 4.74 Å². The lowest BCUT2D eigenvalue weighted by Crippen LogP contribution is -2.50. The van der Waals surface area contributed by atoms with Crippen molar-refractivity contribution in [1.82, 2.24) is 4.90 Å². The number of benzene rings is 1. The predicted octanol–water partition coefficient (Wildman–Crippen LogP) is 3.01. The second-order valence-corrected chi connectivity index (χ2v) is 7.36. The van der Waals surface area contributed by atoms with Crippen molar-refractivity contribution in [3.8, 4) is 0 Å². The zero-order chi connectivity index (χ0) is 15.6. The maximum absolute atomic E-state index is 12.8. The number of carbonyl (C=O) groups excluding carboxylic acids is 1. The van der Waals surface area contributed by atoms with E-state index in [-0.39, 0.29) is 17.0 Å². The summed E-state index contributed by atoms with van der Waals surface area (Å²) in [5.74, 6) is -0.215. The van der Waals surface area contributed by atoms with Crippen LogP contribution in [-0.4, -0.2) is 32.4 Å².